The van der Waals surface area contributed by atoms with E-state index in [4.69, 9.17) is 10.8 Å². The molecule has 1 unspecified atom stereocenters. The fraction of sp³-hybridized carbons (Fsp3) is 0.750. The Balaban J connectivity index is 4.23. The fourth-order valence-electron chi connectivity index (χ4n) is 1.07. The molecule has 0 bridgehead atoms. The van der Waals surface area contributed by atoms with Crippen molar-refractivity contribution in [2.24, 2.45) is 5.73 Å². The molecular formula is C8H16N2O3. The van der Waals surface area contributed by atoms with Gasteiger partial charge >= 0.3 is 5.97 Å². The number of hydrogen-bond donors (Lipinski definition) is 3. The molecule has 0 fully saturated rings. The molecule has 0 aromatic heterocycles. The third kappa shape index (κ3) is 4.47. The topological polar surface area (TPSA) is 92.4 Å². The number of hydrogen-bond acceptors (Lipinski definition) is 3. The van der Waals surface area contributed by atoms with Gasteiger partial charge in [-0.2, -0.15) is 0 Å². The van der Waals surface area contributed by atoms with Crippen molar-refractivity contribution in [3.63, 3.8) is 0 Å². The molecule has 4 N–H and O–H groups in total. The molecule has 2 atom stereocenters. The summed E-state index contributed by atoms with van der Waals surface area (Å²) in [5.41, 5.74) is 5.58. The van der Waals surface area contributed by atoms with Gasteiger partial charge in [0, 0.05) is 13.0 Å². The largest absolute Gasteiger partial charge is 0.480 e. The van der Waals surface area contributed by atoms with Crippen LogP contribution < -0.4 is 11.1 Å². The van der Waals surface area contributed by atoms with Gasteiger partial charge in [-0.15, -0.1) is 0 Å². The second-order valence-electron chi connectivity index (χ2n) is 2.97. The van der Waals surface area contributed by atoms with Crippen LogP contribution in [0.1, 0.15) is 26.7 Å². The minimum atomic E-state index is -1.09. The quantitative estimate of drug-likeness (QED) is 0.552. The predicted molar refractivity (Wildman–Crippen MR) is 48.1 cm³/mol. The number of carbonyl (C=O) groups excluding carboxylic acids is 1. The first-order valence-electron chi connectivity index (χ1n) is 4.24. The minimum absolute atomic E-state index is 0.376. The summed E-state index contributed by atoms with van der Waals surface area (Å²) >= 11 is 0. The molecule has 5 heteroatoms. The molecular weight excluding hydrogens is 172 g/mol. The van der Waals surface area contributed by atoms with E-state index >= 15 is 0 Å². The second-order valence-corrected chi connectivity index (χ2v) is 2.97. The molecule has 5 nitrogen and oxygen atoms in total. The zero-order valence-corrected chi connectivity index (χ0v) is 7.91. The molecule has 0 aliphatic carbocycles. The highest BCUT2D eigenvalue weighted by atomic mass is 16.4. The maximum atomic E-state index is 10.7. The van der Waals surface area contributed by atoms with Gasteiger partial charge in [-0.25, -0.2) is 4.79 Å². The highest BCUT2D eigenvalue weighted by Gasteiger charge is 2.24. The van der Waals surface area contributed by atoms with E-state index in [0.29, 0.717) is 6.42 Å². The van der Waals surface area contributed by atoms with Gasteiger partial charge in [0.05, 0.1) is 0 Å². The van der Waals surface area contributed by atoms with Crippen LogP contribution in [0, 0.1) is 0 Å². The highest BCUT2D eigenvalue weighted by Crippen LogP contribution is 1.99. The summed E-state index contributed by atoms with van der Waals surface area (Å²) in [5, 5.41) is 11.0. The van der Waals surface area contributed by atoms with Crippen molar-refractivity contribution < 1.29 is 14.7 Å². The highest BCUT2D eigenvalue weighted by molar-refractivity contribution is 5.82. The van der Waals surface area contributed by atoms with Gasteiger partial charge in [0.25, 0.3) is 0 Å². The van der Waals surface area contributed by atoms with Crippen LogP contribution in [0.5, 0.6) is 0 Å². The first-order chi connectivity index (χ1) is 5.99. The van der Waals surface area contributed by atoms with Gasteiger partial charge in [-0.1, -0.05) is 13.3 Å². The van der Waals surface area contributed by atoms with Crippen molar-refractivity contribution in [3.8, 4) is 0 Å². The molecule has 0 aromatic rings. The Morgan fingerprint density at radius 2 is 2.08 bits per heavy atom. The van der Waals surface area contributed by atoms with Crippen LogP contribution in [-0.2, 0) is 9.59 Å². The molecule has 0 aromatic carbocycles. The third-order valence-corrected chi connectivity index (χ3v) is 1.67. The summed E-state index contributed by atoms with van der Waals surface area (Å²) < 4.78 is 0. The van der Waals surface area contributed by atoms with E-state index in [9.17, 15) is 9.59 Å². The van der Waals surface area contributed by atoms with Gasteiger partial charge in [0.2, 0.25) is 5.91 Å². The Bertz CT molecular complexity index is 194. The molecule has 0 aliphatic rings. The first-order valence-corrected chi connectivity index (χ1v) is 4.24. The average Bonchev–Trinajstić information content (AvgIpc) is 1.99. The minimum Gasteiger partial charge on any atom is -0.480 e. The number of carboxylic acid groups (broad SMARTS) is 1. The number of nitrogens with two attached hydrogens (primary N) is 1. The van der Waals surface area contributed by atoms with Crippen LogP contribution in [0.3, 0.4) is 0 Å². The lowest BCUT2D eigenvalue weighted by Gasteiger charge is -2.19. The Morgan fingerprint density at radius 1 is 1.54 bits per heavy atom. The molecule has 0 heterocycles. The van der Waals surface area contributed by atoms with E-state index in [2.05, 4.69) is 5.32 Å². The van der Waals surface area contributed by atoms with Gasteiger partial charge in [0.15, 0.2) is 0 Å². The molecule has 0 saturated heterocycles. The number of amides is 1. The molecule has 76 valence electrons. The molecule has 0 saturated carbocycles. The van der Waals surface area contributed by atoms with E-state index in [-0.39, 0.29) is 5.91 Å². The van der Waals surface area contributed by atoms with E-state index in [1.54, 1.807) is 0 Å². The molecule has 0 aliphatic heterocycles. The number of nitrogens with one attached hydrogen (secondary N) is 1. The SMILES string of the molecule is CCCC(N)[C@H](NC(C)=O)C(=O)O. The summed E-state index contributed by atoms with van der Waals surface area (Å²) in [4.78, 5) is 21.3. The smallest absolute Gasteiger partial charge is 0.327 e. The number of carbonyl (C=O) groups is 2. The molecule has 13 heavy (non-hydrogen) atoms. The Kier molecular flexibility index (Phi) is 5.06. The standard InChI is InChI=1S/C8H16N2O3/c1-3-4-6(9)7(8(12)13)10-5(2)11/h6-7H,3-4,9H2,1-2H3,(H,10,11)(H,12,13)/t6?,7-/m0/s1. The van der Waals surface area contributed by atoms with Crippen LogP contribution in [-0.4, -0.2) is 29.1 Å². The lowest BCUT2D eigenvalue weighted by atomic mass is 10.0. The van der Waals surface area contributed by atoms with Gasteiger partial charge in [-0.3, -0.25) is 4.79 Å². The van der Waals surface area contributed by atoms with Crippen molar-refractivity contribution in [2.45, 2.75) is 38.8 Å². The van der Waals surface area contributed by atoms with Crippen molar-refractivity contribution in [3.05, 3.63) is 0 Å². The van der Waals surface area contributed by atoms with Crippen molar-refractivity contribution in [2.75, 3.05) is 0 Å². The lowest BCUT2D eigenvalue weighted by Crippen LogP contribution is -2.51. The molecule has 0 rings (SSSR count). The van der Waals surface area contributed by atoms with Crippen molar-refractivity contribution >= 4 is 11.9 Å². The van der Waals surface area contributed by atoms with Crippen LogP contribution in [0.2, 0.25) is 0 Å². The maximum absolute atomic E-state index is 10.7. The Labute approximate surface area is 77.3 Å². The zero-order chi connectivity index (χ0) is 10.4. The average molecular weight is 188 g/mol. The van der Waals surface area contributed by atoms with Crippen LogP contribution in [0.15, 0.2) is 0 Å². The second kappa shape index (κ2) is 5.53. The van der Waals surface area contributed by atoms with Crippen molar-refractivity contribution in [1.82, 2.24) is 5.32 Å². The van der Waals surface area contributed by atoms with Gasteiger partial charge in [0.1, 0.15) is 6.04 Å². The zero-order valence-electron chi connectivity index (χ0n) is 7.91. The van der Waals surface area contributed by atoms with Crippen LogP contribution in [0.25, 0.3) is 0 Å². The van der Waals surface area contributed by atoms with Gasteiger partial charge in [-0.05, 0) is 6.42 Å². The summed E-state index contributed by atoms with van der Waals surface area (Å²) in [5.74, 6) is -1.46. The summed E-state index contributed by atoms with van der Waals surface area (Å²) in [6.07, 6.45) is 1.38. The number of rotatable bonds is 5. The lowest BCUT2D eigenvalue weighted by molar-refractivity contribution is -0.142. The maximum Gasteiger partial charge on any atom is 0.327 e. The normalized spacial score (nSPS) is 14.7. The molecule has 0 radical (unpaired) electrons. The van der Waals surface area contributed by atoms with E-state index in [1.807, 2.05) is 6.92 Å². The molecule has 1 amide bonds. The number of carboxylic acids is 1. The Hall–Kier alpha value is -1.10. The van der Waals surface area contributed by atoms with Gasteiger partial charge < -0.3 is 16.2 Å². The molecule has 0 spiro atoms. The Morgan fingerprint density at radius 3 is 2.38 bits per heavy atom. The monoisotopic (exact) mass is 188 g/mol. The van der Waals surface area contributed by atoms with E-state index < -0.39 is 18.1 Å². The summed E-state index contributed by atoms with van der Waals surface area (Å²) in [7, 11) is 0. The summed E-state index contributed by atoms with van der Waals surface area (Å²) in [6, 6.07) is -1.50. The van der Waals surface area contributed by atoms with E-state index in [1.165, 1.54) is 6.92 Å². The predicted octanol–water partition coefficient (Wildman–Crippen LogP) is -0.297. The van der Waals surface area contributed by atoms with E-state index in [0.717, 1.165) is 6.42 Å². The van der Waals surface area contributed by atoms with Crippen LogP contribution >= 0.6 is 0 Å². The first kappa shape index (κ1) is 11.9. The van der Waals surface area contributed by atoms with Crippen molar-refractivity contribution in [1.29, 1.82) is 0 Å². The summed E-state index contributed by atoms with van der Waals surface area (Å²) in [6.45, 7) is 3.18. The third-order valence-electron chi connectivity index (χ3n) is 1.67. The van der Waals surface area contributed by atoms with Crippen LogP contribution in [0.4, 0.5) is 0 Å². The number of aliphatic carboxylic acids is 1. The fourth-order valence-corrected chi connectivity index (χ4v) is 1.07.